The second-order valence-corrected chi connectivity index (χ2v) is 9.15. The first-order chi connectivity index (χ1) is 15.4. The Balaban J connectivity index is 1.75. The third kappa shape index (κ3) is 4.16. The molecule has 0 fully saturated rings. The fraction of sp³-hybridized carbons (Fsp3) is 0.0870. The summed E-state index contributed by atoms with van der Waals surface area (Å²) in [4.78, 5) is 10.3. The van der Waals surface area contributed by atoms with Gasteiger partial charge in [-0.3, -0.25) is 10.1 Å². The molecule has 0 unspecified atom stereocenters. The summed E-state index contributed by atoms with van der Waals surface area (Å²) in [7, 11) is -2.71. The summed E-state index contributed by atoms with van der Waals surface area (Å²) >= 11 is 0. The maximum atomic E-state index is 13.2. The molecule has 1 heterocycles. The quantitative estimate of drug-likeness (QED) is 0.311. The second kappa shape index (κ2) is 8.74. The second-order valence-electron chi connectivity index (χ2n) is 7.14. The number of benzene rings is 3. The summed E-state index contributed by atoms with van der Waals surface area (Å²) < 4.78 is 29.2. The fourth-order valence-electron chi connectivity index (χ4n) is 3.40. The first kappa shape index (κ1) is 21.4. The van der Waals surface area contributed by atoms with Gasteiger partial charge in [-0.25, -0.2) is 13.1 Å². The van der Waals surface area contributed by atoms with Crippen molar-refractivity contribution in [3.63, 3.8) is 0 Å². The lowest BCUT2D eigenvalue weighted by atomic mass is 10.1. The van der Waals surface area contributed by atoms with Crippen molar-refractivity contribution in [2.24, 2.45) is 0 Å². The van der Waals surface area contributed by atoms with Crippen LogP contribution in [0.2, 0.25) is 0 Å². The molecule has 0 atom stereocenters. The zero-order chi connectivity index (χ0) is 22.7. The molecule has 0 saturated heterocycles. The van der Waals surface area contributed by atoms with Crippen molar-refractivity contribution in [3.05, 3.63) is 107 Å². The number of nitro benzene ring substituents is 1. The van der Waals surface area contributed by atoms with Gasteiger partial charge in [0.05, 0.1) is 16.3 Å². The number of nitrogens with zero attached hydrogens (tertiary/aromatic N) is 4. The van der Waals surface area contributed by atoms with E-state index in [4.69, 9.17) is 5.10 Å². The molecule has 9 heteroatoms. The van der Waals surface area contributed by atoms with Crippen LogP contribution in [0.4, 0.5) is 5.69 Å². The van der Waals surface area contributed by atoms with E-state index in [0.29, 0.717) is 11.3 Å². The molecule has 0 saturated carbocycles. The van der Waals surface area contributed by atoms with Gasteiger partial charge < -0.3 is 0 Å². The van der Waals surface area contributed by atoms with Gasteiger partial charge in [0.25, 0.3) is 5.69 Å². The highest BCUT2D eigenvalue weighted by atomic mass is 32.2. The number of aromatic nitrogens is 2. The van der Waals surface area contributed by atoms with Gasteiger partial charge >= 0.3 is 0 Å². The van der Waals surface area contributed by atoms with Gasteiger partial charge in [0.15, 0.2) is 4.90 Å². The van der Waals surface area contributed by atoms with Crippen LogP contribution in [0.3, 0.4) is 0 Å². The number of hydrogen-bond acceptors (Lipinski definition) is 5. The normalized spacial score (nSPS) is 11.6. The summed E-state index contributed by atoms with van der Waals surface area (Å²) in [6.07, 6.45) is 1.78. The molecule has 32 heavy (non-hydrogen) atoms. The summed E-state index contributed by atoms with van der Waals surface area (Å²) in [5.74, 6) is 0. The SMILES string of the molecule is CN(Cc1cn(-c2ccccc2)nc1-c1ccccc1)S(=O)(=O)c1ccccc1[N+](=O)[O-]. The van der Waals surface area contributed by atoms with Crippen molar-refractivity contribution in [1.29, 1.82) is 0 Å². The Labute approximate surface area is 185 Å². The van der Waals surface area contributed by atoms with Gasteiger partial charge in [0.2, 0.25) is 10.0 Å². The van der Waals surface area contributed by atoms with Gasteiger partial charge in [-0.05, 0) is 18.2 Å². The maximum Gasteiger partial charge on any atom is 0.289 e. The largest absolute Gasteiger partial charge is 0.289 e. The van der Waals surface area contributed by atoms with Crippen LogP contribution in [-0.2, 0) is 16.6 Å². The molecule has 0 N–H and O–H groups in total. The highest BCUT2D eigenvalue weighted by Crippen LogP contribution is 2.29. The van der Waals surface area contributed by atoms with E-state index in [9.17, 15) is 18.5 Å². The van der Waals surface area contributed by atoms with Crippen LogP contribution >= 0.6 is 0 Å². The minimum Gasteiger partial charge on any atom is -0.258 e. The van der Waals surface area contributed by atoms with Crippen LogP contribution in [0.15, 0.2) is 96.0 Å². The highest BCUT2D eigenvalue weighted by Gasteiger charge is 2.30. The maximum absolute atomic E-state index is 13.2. The van der Waals surface area contributed by atoms with E-state index in [0.717, 1.165) is 15.6 Å². The van der Waals surface area contributed by atoms with Crippen LogP contribution in [-0.4, -0.2) is 34.5 Å². The number of rotatable bonds is 7. The van der Waals surface area contributed by atoms with Crippen LogP contribution in [0.5, 0.6) is 0 Å². The Morgan fingerprint density at radius 3 is 2.19 bits per heavy atom. The molecule has 1 aromatic heterocycles. The number of hydrogen-bond donors (Lipinski definition) is 0. The molecule has 162 valence electrons. The van der Waals surface area contributed by atoms with Gasteiger partial charge in [0, 0.05) is 37.0 Å². The summed E-state index contributed by atoms with van der Waals surface area (Å²) in [6.45, 7) is -0.00849. The molecule has 4 rings (SSSR count). The molecule has 0 aliphatic heterocycles. The highest BCUT2D eigenvalue weighted by molar-refractivity contribution is 7.89. The van der Waals surface area contributed by atoms with Crippen LogP contribution < -0.4 is 0 Å². The Morgan fingerprint density at radius 2 is 1.53 bits per heavy atom. The van der Waals surface area contributed by atoms with E-state index in [-0.39, 0.29) is 11.4 Å². The van der Waals surface area contributed by atoms with Gasteiger partial charge in [-0.15, -0.1) is 0 Å². The molecule has 0 aliphatic rings. The van der Waals surface area contributed by atoms with E-state index < -0.39 is 20.6 Å². The molecule has 0 aliphatic carbocycles. The average Bonchev–Trinajstić information content (AvgIpc) is 3.24. The summed E-state index contributed by atoms with van der Waals surface area (Å²) in [5.41, 5.74) is 2.53. The van der Waals surface area contributed by atoms with Gasteiger partial charge in [-0.2, -0.15) is 9.40 Å². The molecule has 0 amide bonds. The van der Waals surface area contributed by atoms with E-state index in [1.807, 2.05) is 60.7 Å². The minimum atomic E-state index is -4.11. The smallest absolute Gasteiger partial charge is 0.258 e. The molecular weight excluding hydrogens is 428 g/mol. The van der Waals surface area contributed by atoms with E-state index in [1.54, 1.807) is 10.9 Å². The third-order valence-electron chi connectivity index (χ3n) is 5.00. The number of sulfonamides is 1. The Kier molecular flexibility index (Phi) is 5.85. The molecule has 0 radical (unpaired) electrons. The molecule has 0 spiro atoms. The first-order valence-electron chi connectivity index (χ1n) is 9.77. The van der Waals surface area contributed by atoms with Crippen molar-refractivity contribution in [1.82, 2.24) is 14.1 Å². The molecule has 4 aromatic rings. The predicted molar refractivity (Wildman–Crippen MR) is 121 cm³/mol. The topological polar surface area (TPSA) is 98.3 Å². The zero-order valence-electron chi connectivity index (χ0n) is 17.2. The Bertz CT molecular complexity index is 1350. The van der Waals surface area contributed by atoms with Crippen LogP contribution in [0.1, 0.15) is 5.56 Å². The lowest BCUT2D eigenvalue weighted by molar-refractivity contribution is -0.387. The van der Waals surface area contributed by atoms with Crippen molar-refractivity contribution < 1.29 is 13.3 Å². The average molecular weight is 449 g/mol. The molecule has 8 nitrogen and oxygen atoms in total. The van der Waals surface area contributed by atoms with Crippen LogP contribution in [0, 0.1) is 10.1 Å². The summed E-state index contributed by atoms with van der Waals surface area (Å²) in [6, 6.07) is 24.3. The summed E-state index contributed by atoms with van der Waals surface area (Å²) in [5, 5.41) is 16.0. The van der Waals surface area contributed by atoms with Crippen molar-refractivity contribution in [2.75, 3.05) is 7.05 Å². The lowest BCUT2D eigenvalue weighted by Crippen LogP contribution is -2.27. The van der Waals surface area contributed by atoms with Gasteiger partial charge in [-0.1, -0.05) is 60.7 Å². The predicted octanol–water partition coefficient (Wildman–Crippen LogP) is 4.27. The Hall–Kier alpha value is -3.82. The van der Waals surface area contributed by atoms with E-state index >= 15 is 0 Å². The van der Waals surface area contributed by atoms with Crippen molar-refractivity contribution >= 4 is 15.7 Å². The zero-order valence-corrected chi connectivity index (χ0v) is 18.0. The molecular formula is C23H20N4O4S. The van der Waals surface area contributed by atoms with Gasteiger partial charge in [0.1, 0.15) is 0 Å². The molecule has 0 bridgehead atoms. The lowest BCUT2D eigenvalue weighted by Gasteiger charge is -2.17. The minimum absolute atomic E-state index is 0.00849. The molecule has 3 aromatic carbocycles. The van der Waals surface area contributed by atoms with E-state index in [2.05, 4.69) is 0 Å². The first-order valence-corrected chi connectivity index (χ1v) is 11.2. The Morgan fingerprint density at radius 1 is 0.938 bits per heavy atom. The van der Waals surface area contributed by atoms with Crippen molar-refractivity contribution in [3.8, 4) is 16.9 Å². The fourth-order valence-corrected chi connectivity index (χ4v) is 4.70. The van der Waals surface area contributed by atoms with Crippen molar-refractivity contribution in [2.45, 2.75) is 11.4 Å². The third-order valence-corrected chi connectivity index (χ3v) is 6.85. The monoisotopic (exact) mass is 448 g/mol. The number of nitro groups is 1. The van der Waals surface area contributed by atoms with Crippen LogP contribution in [0.25, 0.3) is 16.9 Å². The number of para-hydroxylation sites is 2. The standard InChI is InChI=1S/C23H20N4O4S/c1-25(32(30,31)22-15-9-8-14-21(22)27(28)29)16-19-17-26(20-12-6-3-7-13-20)24-23(19)18-10-4-2-5-11-18/h2-15,17H,16H2,1H3. The van der Waals surface area contributed by atoms with E-state index in [1.165, 1.54) is 31.3 Å².